The van der Waals surface area contributed by atoms with Gasteiger partial charge in [0.05, 0.1) is 28.1 Å². The maximum atomic E-state index is 10.8. The number of nitro benzene ring substituents is 1. The van der Waals surface area contributed by atoms with Crippen molar-refractivity contribution >= 4 is 39.4 Å². The van der Waals surface area contributed by atoms with E-state index < -0.39 is 4.92 Å². The van der Waals surface area contributed by atoms with Gasteiger partial charge < -0.3 is 14.8 Å². The molecular formula is C16H12ClN3O4. The lowest BCUT2D eigenvalue weighted by atomic mass is 10.2. The van der Waals surface area contributed by atoms with Crippen LogP contribution in [0.4, 0.5) is 5.69 Å². The van der Waals surface area contributed by atoms with E-state index >= 15 is 0 Å². The van der Waals surface area contributed by atoms with Crippen molar-refractivity contribution < 1.29 is 14.8 Å². The van der Waals surface area contributed by atoms with Crippen molar-refractivity contribution in [2.45, 2.75) is 0 Å². The van der Waals surface area contributed by atoms with Crippen LogP contribution in [-0.4, -0.2) is 27.1 Å². The van der Waals surface area contributed by atoms with Gasteiger partial charge in [0.25, 0.3) is 5.69 Å². The summed E-state index contributed by atoms with van der Waals surface area (Å²) in [6.45, 7) is 0. The Labute approximate surface area is 141 Å². The molecule has 0 aliphatic heterocycles. The van der Waals surface area contributed by atoms with Gasteiger partial charge in [-0.15, -0.1) is 0 Å². The minimum absolute atomic E-state index is 0.0268. The van der Waals surface area contributed by atoms with Crippen molar-refractivity contribution in [1.29, 1.82) is 0 Å². The van der Waals surface area contributed by atoms with Gasteiger partial charge in [-0.1, -0.05) is 17.7 Å². The summed E-state index contributed by atoms with van der Waals surface area (Å²) in [6, 6.07) is 9.14. The van der Waals surface area contributed by atoms with Gasteiger partial charge in [-0.25, -0.2) is 4.98 Å². The predicted octanol–water partition coefficient (Wildman–Crippen LogP) is 3.92. The fourth-order valence-corrected chi connectivity index (χ4v) is 2.44. The molecule has 1 aromatic heterocycles. The van der Waals surface area contributed by atoms with Gasteiger partial charge in [0.2, 0.25) is 0 Å². The highest BCUT2D eigenvalue weighted by atomic mass is 35.5. The van der Waals surface area contributed by atoms with Gasteiger partial charge in [-0.3, -0.25) is 10.1 Å². The molecule has 1 heterocycles. The number of aromatic nitrogens is 2. The maximum Gasteiger partial charge on any atom is 0.271 e. The highest BCUT2D eigenvalue weighted by Crippen LogP contribution is 2.29. The first-order valence-corrected chi connectivity index (χ1v) is 7.24. The number of benzene rings is 2. The van der Waals surface area contributed by atoms with E-state index in [2.05, 4.69) is 9.97 Å². The van der Waals surface area contributed by atoms with Crippen LogP contribution in [0.15, 0.2) is 36.4 Å². The van der Waals surface area contributed by atoms with Gasteiger partial charge in [0.1, 0.15) is 5.82 Å². The molecule has 0 fully saturated rings. The number of imidazole rings is 1. The number of hydrogen-bond acceptors (Lipinski definition) is 5. The molecule has 2 N–H and O–H groups in total. The fourth-order valence-electron chi connectivity index (χ4n) is 2.22. The zero-order chi connectivity index (χ0) is 17.3. The molecule has 2 aromatic carbocycles. The summed E-state index contributed by atoms with van der Waals surface area (Å²) in [5, 5.41) is 20.7. The summed E-state index contributed by atoms with van der Waals surface area (Å²) in [7, 11) is 1.45. The normalized spacial score (nSPS) is 11.7. The Morgan fingerprint density at radius 1 is 1.38 bits per heavy atom. The number of non-ortho nitro benzene ring substituents is 1. The van der Waals surface area contributed by atoms with Crippen LogP contribution < -0.4 is 4.74 Å². The lowest BCUT2D eigenvalue weighted by molar-refractivity contribution is -0.384. The Balaban J connectivity index is 1.98. The summed E-state index contributed by atoms with van der Waals surface area (Å²) in [4.78, 5) is 17.6. The fraction of sp³-hybridized carbons (Fsp3) is 0.0625. The van der Waals surface area contributed by atoms with E-state index in [4.69, 9.17) is 16.3 Å². The van der Waals surface area contributed by atoms with Gasteiger partial charge >= 0.3 is 0 Å². The number of H-pyrrole nitrogens is 1. The number of aromatic hydroxyl groups is 1. The van der Waals surface area contributed by atoms with Crippen molar-refractivity contribution in [1.82, 2.24) is 9.97 Å². The number of fused-ring (bicyclic) bond motifs is 1. The van der Waals surface area contributed by atoms with Crippen LogP contribution in [0.5, 0.6) is 11.5 Å². The molecule has 0 unspecified atom stereocenters. The minimum Gasteiger partial charge on any atom is -0.504 e. The number of nitrogens with one attached hydrogen (secondary N) is 1. The number of phenols is 1. The molecule has 0 amide bonds. The van der Waals surface area contributed by atoms with E-state index in [9.17, 15) is 15.2 Å². The van der Waals surface area contributed by atoms with E-state index in [1.807, 2.05) is 0 Å². The number of methoxy groups -OCH3 is 1. The lowest BCUT2D eigenvalue weighted by Crippen LogP contribution is -1.86. The van der Waals surface area contributed by atoms with E-state index in [0.29, 0.717) is 33.2 Å². The highest BCUT2D eigenvalue weighted by Gasteiger charge is 2.11. The number of phenolic OH excluding ortho intramolecular Hbond substituents is 1. The first-order valence-electron chi connectivity index (χ1n) is 6.86. The molecule has 8 heteroatoms. The number of halogens is 1. The molecule has 122 valence electrons. The summed E-state index contributed by atoms with van der Waals surface area (Å²) < 4.78 is 5.05. The maximum absolute atomic E-state index is 10.8. The molecule has 0 saturated heterocycles. The molecule has 3 rings (SSSR count). The molecule has 0 saturated carbocycles. The van der Waals surface area contributed by atoms with Crippen LogP contribution in [-0.2, 0) is 0 Å². The van der Waals surface area contributed by atoms with Gasteiger partial charge in [0.15, 0.2) is 11.5 Å². The summed E-state index contributed by atoms with van der Waals surface area (Å²) in [5.74, 6) is 0.745. The number of aromatic amines is 1. The van der Waals surface area contributed by atoms with Crippen molar-refractivity contribution in [3.05, 3.63) is 57.9 Å². The molecule has 0 aliphatic rings. The first kappa shape index (κ1) is 15.8. The predicted molar refractivity (Wildman–Crippen MR) is 91.1 cm³/mol. The van der Waals surface area contributed by atoms with Gasteiger partial charge in [-0.2, -0.15) is 0 Å². The third-order valence-corrected chi connectivity index (χ3v) is 3.69. The second kappa shape index (κ2) is 6.21. The SMILES string of the molecule is COc1cc(/C=C(\Cl)c2nc3ccc([N+](=O)[O-])cc3[nH]2)ccc1O. The van der Waals surface area contributed by atoms with E-state index in [0.717, 1.165) is 0 Å². The number of hydrogen-bond donors (Lipinski definition) is 2. The van der Waals surface area contributed by atoms with Crippen molar-refractivity contribution in [3.63, 3.8) is 0 Å². The Hall–Kier alpha value is -3.06. The molecule has 0 spiro atoms. The third kappa shape index (κ3) is 3.02. The van der Waals surface area contributed by atoms with Crippen molar-refractivity contribution in [3.8, 4) is 11.5 Å². The molecule has 0 aliphatic carbocycles. The van der Waals surface area contributed by atoms with Crippen LogP contribution >= 0.6 is 11.6 Å². The van der Waals surface area contributed by atoms with Crippen molar-refractivity contribution in [2.24, 2.45) is 0 Å². The quantitative estimate of drug-likeness (QED) is 0.551. The third-order valence-electron chi connectivity index (χ3n) is 3.40. The molecule has 7 nitrogen and oxygen atoms in total. The number of nitrogens with zero attached hydrogens (tertiary/aromatic N) is 2. The first-order chi connectivity index (χ1) is 11.5. The van der Waals surface area contributed by atoms with Crippen LogP contribution in [0.1, 0.15) is 11.4 Å². The molecule has 0 bridgehead atoms. The number of nitro groups is 1. The van der Waals surface area contributed by atoms with Crippen LogP contribution in [0, 0.1) is 10.1 Å². The summed E-state index contributed by atoms with van der Waals surface area (Å²) in [5.41, 5.74) is 1.78. The Bertz CT molecular complexity index is 965. The molecule has 24 heavy (non-hydrogen) atoms. The molecule has 0 atom stereocenters. The van der Waals surface area contributed by atoms with Crippen LogP contribution in [0.3, 0.4) is 0 Å². The monoisotopic (exact) mass is 345 g/mol. The number of rotatable bonds is 4. The second-order valence-electron chi connectivity index (χ2n) is 4.97. The molecule has 0 radical (unpaired) electrons. The molecule has 3 aromatic rings. The zero-order valence-corrected chi connectivity index (χ0v) is 13.2. The van der Waals surface area contributed by atoms with Gasteiger partial charge in [-0.05, 0) is 29.8 Å². The van der Waals surface area contributed by atoms with E-state index in [1.54, 1.807) is 24.3 Å². The van der Waals surface area contributed by atoms with E-state index in [-0.39, 0.29) is 11.4 Å². The van der Waals surface area contributed by atoms with E-state index in [1.165, 1.54) is 25.3 Å². The second-order valence-corrected chi connectivity index (χ2v) is 5.37. The average molecular weight is 346 g/mol. The van der Waals surface area contributed by atoms with Crippen LogP contribution in [0.2, 0.25) is 0 Å². The average Bonchev–Trinajstić information content (AvgIpc) is 2.99. The van der Waals surface area contributed by atoms with Crippen LogP contribution in [0.25, 0.3) is 22.1 Å². The lowest BCUT2D eigenvalue weighted by Gasteiger charge is -2.04. The number of ether oxygens (including phenoxy) is 1. The van der Waals surface area contributed by atoms with Crippen molar-refractivity contribution in [2.75, 3.05) is 7.11 Å². The summed E-state index contributed by atoms with van der Waals surface area (Å²) >= 11 is 6.28. The summed E-state index contributed by atoms with van der Waals surface area (Å²) in [6.07, 6.45) is 1.65. The standard InChI is InChI=1S/C16H12ClN3O4/c1-24-15-7-9(2-5-14(15)21)6-11(17)16-18-12-4-3-10(20(22)23)8-13(12)19-16/h2-8,21H,1H3,(H,18,19)/b11-6-. The Morgan fingerprint density at radius 2 is 2.17 bits per heavy atom. The van der Waals surface area contributed by atoms with Gasteiger partial charge in [0, 0.05) is 12.1 Å². The smallest absolute Gasteiger partial charge is 0.271 e. The Kier molecular flexibility index (Phi) is 4.09. The highest BCUT2D eigenvalue weighted by molar-refractivity contribution is 6.50. The largest absolute Gasteiger partial charge is 0.504 e. The molecular weight excluding hydrogens is 334 g/mol. The topological polar surface area (TPSA) is 101 Å². The zero-order valence-electron chi connectivity index (χ0n) is 12.5. The Morgan fingerprint density at radius 3 is 2.88 bits per heavy atom. The minimum atomic E-state index is -0.472.